The van der Waals surface area contributed by atoms with Gasteiger partial charge in [0.15, 0.2) is 15.9 Å². The van der Waals surface area contributed by atoms with E-state index in [2.05, 4.69) is 0 Å². The zero-order valence-corrected chi connectivity index (χ0v) is 9.50. The van der Waals surface area contributed by atoms with Crippen molar-refractivity contribution in [1.29, 1.82) is 0 Å². The number of carboxylic acids is 1. The average molecular weight is 236 g/mol. The molecule has 1 aliphatic rings. The lowest BCUT2D eigenvalue weighted by Crippen LogP contribution is -2.26. The van der Waals surface area contributed by atoms with Gasteiger partial charge in [-0.15, -0.1) is 0 Å². The number of carbonyl (C=O) groups is 1. The normalized spacial score (nSPS) is 26.7. The predicted octanol–water partition coefficient (Wildman–Crippen LogP) is 0.443. The summed E-state index contributed by atoms with van der Waals surface area (Å²) in [7, 11) is -3.08. The van der Waals surface area contributed by atoms with Crippen LogP contribution in [-0.2, 0) is 19.4 Å². The molecular formula is C9H16O5S. The number of hydrogen-bond acceptors (Lipinski definition) is 4. The molecule has 5 nitrogen and oxygen atoms in total. The smallest absolute Gasteiger partial charge is 0.332 e. The van der Waals surface area contributed by atoms with Gasteiger partial charge in [-0.25, -0.2) is 13.2 Å². The van der Waals surface area contributed by atoms with E-state index in [1.54, 1.807) is 6.92 Å². The van der Waals surface area contributed by atoms with Gasteiger partial charge in [-0.3, -0.25) is 0 Å². The standard InChI is InChI=1S/C9H16O5S/c1-2-5-15(12,13)6-7-3-4-8(14-7)9(10)11/h7-8H,2-6H2,1H3,(H,10,11). The van der Waals surface area contributed by atoms with E-state index in [9.17, 15) is 13.2 Å². The first-order valence-electron chi connectivity index (χ1n) is 5.03. The number of hydrogen-bond donors (Lipinski definition) is 1. The summed E-state index contributed by atoms with van der Waals surface area (Å²) in [4.78, 5) is 10.6. The maximum absolute atomic E-state index is 11.4. The minimum atomic E-state index is -3.08. The van der Waals surface area contributed by atoms with Gasteiger partial charge in [0.1, 0.15) is 0 Å². The molecule has 15 heavy (non-hydrogen) atoms. The summed E-state index contributed by atoms with van der Waals surface area (Å²) in [5.74, 6) is -0.916. The van der Waals surface area contributed by atoms with Crippen LogP contribution in [-0.4, -0.2) is 43.2 Å². The molecule has 1 rings (SSSR count). The van der Waals surface area contributed by atoms with E-state index in [1.807, 2.05) is 0 Å². The van der Waals surface area contributed by atoms with Crippen LogP contribution < -0.4 is 0 Å². The molecular weight excluding hydrogens is 220 g/mol. The minimum Gasteiger partial charge on any atom is -0.479 e. The highest BCUT2D eigenvalue weighted by molar-refractivity contribution is 7.91. The van der Waals surface area contributed by atoms with Gasteiger partial charge < -0.3 is 9.84 Å². The summed E-state index contributed by atoms with van der Waals surface area (Å²) >= 11 is 0. The maximum atomic E-state index is 11.4. The average Bonchev–Trinajstić information content (AvgIpc) is 2.51. The van der Waals surface area contributed by atoms with Crippen molar-refractivity contribution in [2.75, 3.05) is 11.5 Å². The van der Waals surface area contributed by atoms with Crippen molar-refractivity contribution in [2.45, 2.75) is 38.4 Å². The van der Waals surface area contributed by atoms with E-state index in [-0.39, 0.29) is 11.5 Å². The summed E-state index contributed by atoms with van der Waals surface area (Å²) in [6, 6.07) is 0. The molecule has 0 spiro atoms. The van der Waals surface area contributed by atoms with Gasteiger partial charge in [-0.05, 0) is 19.3 Å². The van der Waals surface area contributed by atoms with E-state index in [0.29, 0.717) is 19.3 Å². The van der Waals surface area contributed by atoms with Crippen molar-refractivity contribution in [1.82, 2.24) is 0 Å². The van der Waals surface area contributed by atoms with Crippen molar-refractivity contribution in [3.63, 3.8) is 0 Å². The van der Waals surface area contributed by atoms with Gasteiger partial charge in [0.2, 0.25) is 0 Å². The Labute approximate surface area is 89.3 Å². The zero-order valence-electron chi connectivity index (χ0n) is 8.68. The molecule has 0 saturated carbocycles. The lowest BCUT2D eigenvalue weighted by molar-refractivity contribution is -0.148. The lowest BCUT2D eigenvalue weighted by Gasteiger charge is -2.10. The molecule has 2 unspecified atom stereocenters. The van der Waals surface area contributed by atoms with Crippen LogP contribution in [0.1, 0.15) is 26.2 Å². The van der Waals surface area contributed by atoms with Crippen LogP contribution in [0.5, 0.6) is 0 Å². The van der Waals surface area contributed by atoms with Crippen LogP contribution in [0.25, 0.3) is 0 Å². The van der Waals surface area contributed by atoms with E-state index >= 15 is 0 Å². The fraction of sp³-hybridized carbons (Fsp3) is 0.889. The topological polar surface area (TPSA) is 80.7 Å². The first-order valence-corrected chi connectivity index (χ1v) is 6.85. The fourth-order valence-corrected chi connectivity index (χ4v) is 3.29. The van der Waals surface area contributed by atoms with Crippen molar-refractivity contribution in [3.8, 4) is 0 Å². The highest BCUT2D eigenvalue weighted by Gasteiger charge is 2.32. The number of aliphatic carboxylic acids is 1. The Balaban J connectivity index is 2.46. The molecule has 1 aliphatic heterocycles. The number of rotatable bonds is 5. The molecule has 6 heteroatoms. The maximum Gasteiger partial charge on any atom is 0.332 e. The van der Waals surface area contributed by atoms with Crippen molar-refractivity contribution in [3.05, 3.63) is 0 Å². The van der Waals surface area contributed by atoms with Gasteiger partial charge in [-0.1, -0.05) is 6.92 Å². The molecule has 1 heterocycles. The Morgan fingerprint density at radius 1 is 1.47 bits per heavy atom. The quantitative estimate of drug-likeness (QED) is 0.749. The summed E-state index contributed by atoms with van der Waals surface area (Å²) in [5.41, 5.74) is 0. The van der Waals surface area contributed by atoms with Crippen LogP contribution >= 0.6 is 0 Å². The largest absolute Gasteiger partial charge is 0.479 e. The van der Waals surface area contributed by atoms with Crippen molar-refractivity contribution >= 4 is 15.8 Å². The van der Waals surface area contributed by atoms with Crippen molar-refractivity contribution < 1.29 is 23.1 Å². The van der Waals surface area contributed by atoms with Gasteiger partial charge in [-0.2, -0.15) is 0 Å². The van der Waals surface area contributed by atoms with Crippen LogP contribution in [0, 0.1) is 0 Å². The Morgan fingerprint density at radius 2 is 2.13 bits per heavy atom. The molecule has 2 atom stereocenters. The minimum absolute atomic E-state index is 0.0510. The third-order valence-electron chi connectivity index (χ3n) is 2.34. The van der Waals surface area contributed by atoms with Crippen LogP contribution in [0.2, 0.25) is 0 Å². The molecule has 1 saturated heterocycles. The second kappa shape index (κ2) is 4.94. The van der Waals surface area contributed by atoms with Gasteiger partial charge in [0, 0.05) is 0 Å². The molecule has 1 fully saturated rings. The number of ether oxygens (including phenoxy) is 1. The first kappa shape index (κ1) is 12.4. The Hall–Kier alpha value is -0.620. The van der Waals surface area contributed by atoms with E-state index in [1.165, 1.54) is 0 Å². The molecule has 0 amide bonds. The molecule has 0 radical (unpaired) electrons. The zero-order chi connectivity index (χ0) is 11.5. The molecule has 1 N–H and O–H groups in total. The summed E-state index contributed by atoms with van der Waals surface area (Å²) in [5, 5.41) is 8.66. The van der Waals surface area contributed by atoms with Gasteiger partial charge >= 0.3 is 5.97 Å². The third-order valence-corrected chi connectivity index (χ3v) is 4.25. The lowest BCUT2D eigenvalue weighted by atomic mass is 10.2. The van der Waals surface area contributed by atoms with E-state index < -0.39 is 28.0 Å². The molecule has 0 aromatic rings. The molecule has 0 aromatic heterocycles. The predicted molar refractivity (Wildman–Crippen MR) is 54.5 cm³/mol. The van der Waals surface area contributed by atoms with Crippen LogP contribution in [0.15, 0.2) is 0 Å². The number of sulfone groups is 1. The first-order chi connectivity index (χ1) is 6.94. The van der Waals surface area contributed by atoms with E-state index in [4.69, 9.17) is 9.84 Å². The second-order valence-corrected chi connectivity index (χ2v) is 6.01. The molecule has 88 valence electrons. The molecule has 0 aliphatic carbocycles. The van der Waals surface area contributed by atoms with Gasteiger partial charge in [0.25, 0.3) is 0 Å². The Kier molecular flexibility index (Phi) is 4.10. The molecule has 0 bridgehead atoms. The van der Waals surface area contributed by atoms with Crippen LogP contribution in [0.3, 0.4) is 0 Å². The Bertz CT molecular complexity index is 321. The van der Waals surface area contributed by atoms with Crippen LogP contribution in [0.4, 0.5) is 0 Å². The summed E-state index contributed by atoms with van der Waals surface area (Å²) < 4.78 is 28.0. The molecule has 0 aromatic carbocycles. The van der Waals surface area contributed by atoms with Crippen molar-refractivity contribution in [2.24, 2.45) is 0 Å². The van der Waals surface area contributed by atoms with Gasteiger partial charge in [0.05, 0.1) is 17.6 Å². The number of carboxylic acid groups (broad SMARTS) is 1. The SMILES string of the molecule is CCCS(=O)(=O)CC1CCC(C(=O)O)O1. The van der Waals surface area contributed by atoms with E-state index in [0.717, 1.165) is 0 Å². The highest BCUT2D eigenvalue weighted by Crippen LogP contribution is 2.21. The fourth-order valence-electron chi connectivity index (χ4n) is 1.69. The highest BCUT2D eigenvalue weighted by atomic mass is 32.2. The summed E-state index contributed by atoms with van der Waals surface area (Å²) in [6.45, 7) is 1.80. The summed E-state index contributed by atoms with van der Waals surface area (Å²) in [6.07, 6.45) is 0.230. The Morgan fingerprint density at radius 3 is 2.60 bits per heavy atom. The third kappa shape index (κ3) is 3.79. The monoisotopic (exact) mass is 236 g/mol. The second-order valence-electron chi connectivity index (χ2n) is 3.78.